The summed E-state index contributed by atoms with van der Waals surface area (Å²) in [7, 11) is 1.63. The van der Waals surface area contributed by atoms with Crippen molar-refractivity contribution in [1.82, 2.24) is 4.90 Å². The normalized spacial score (nSPS) is 12.2. The van der Waals surface area contributed by atoms with Crippen LogP contribution in [0.25, 0.3) is 0 Å². The molecule has 0 atom stereocenters. The van der Waals surface area contributed by atoms with Crippen LogP contribution in [0, 0.1) is 0 Å². The molecule has 1 aliphatic rings. The first-order chi connectivity index (χ1) is 14.6. The third-order valence-electron chi connectivity index (χ3n) is 4.54. The molecule has 7 nitrogen and oxygen atoms in total. The van der Waals surface area contributed by atoms with Gasteiger partial charge in [0.1, 0.15) is 19.0 Å². The van der Waals surface area contributed by atoms with Gasteiger partial charge in [-0.2, -0.15) is 0 Å². The van der Waals surface area contributed by atoms with Crippen molar-refractivity contribution in [2.24, 2.45) is 0 Å². The molecule has 2 aromatic carbocycles. The molecule has 0 saturated heterocycles. The van der Waals surface area contributed by atoms with E-state index in [4.69, 9.17) is 14.2 Å². The average molecular weight is 431 g/mol. The maximum Gasteiger partial charge on any atom is 0.243 e. The molecule has 1 heterocycles. The topological polar surface area (TPSA) is 77.1 Å². The first-order valence-corrected chi connectivity index (χ1v) is 10.8. The molecule has 0 aliphatic carbocycles. The van der Waals surface area contributed by atoms with Crippen molar-refractivity contribution in [2.45, 2.75) is 18.2 Å². The smallest absolute Gasteiger partial charge is 0.243 e. The van der Waals surface area contributed by atoms with E-state index in [1.165, 1.54) is 0 Å². The molecule has 2 amide bonds. The second kappa shape index (κ2) is 10.8. The van der Waals surface area contributed by atoms with Crippen LogP contribution in [0.2, 0.25) is 0 Å². The molecule has 0 bridgehead atoms. The van der Waals surface area contributed by atoms with Gasteiger partial charge in [0.15, 0.2) is 11.5 Å². The van der Waals surface area contributed by atoms with Gasteiger partial charge in [-0.05, 0) is 43.3 Å². The van der Waals surface area contributed by atoms with Crippen LogP contribution in [-0.2, 0) is 9.59 Å². The molecule has 1 N–H and O–H groups in total. The Morgan fingerprint density at radius 2 is 1.83 bits per heavy atom. The average Bonchev–Trinajstić information content (AvgIpc) is 2.77. The van der Waals surface area contributed by atoms with Gasteiger partial charge in [0, 0.05) is 35.4 Å². The minimum Gasteiger partial charge on any atom is -0.497 e. The quantitative estimate of drug-likeness (QED) is 0.614. The number of hydrogen-bond acceptors (Lipinski definition) is 6. The molecule has 0 aromatic heterocycles. The standard InChI is InChI=1S/C22H26N2O5S/c1-3-24(22(26)10-13-30-18-7-5-17(27-2)6-8-18)15-21(25)23-16-4-9-19-20(14-16)29-12-11-28-19/h4-9,14H,3,10-13,15H2,1-2H3,(H,23,25). The molecule has 0 fully saturated rings. The van der Waals surface area contributed by atoms with Crippen molar-refractivity contribution in [3.8, 4) is 17.2 Å². The Balaban J connectivity index is 1.46. The van der Waals surface area contributed by atoms with Gasteiger partial charge < -0.3 is 24.4 Å². The molecular weight excluding hydrogens is 404 g/mol. The lowest BCUT2D eigenvalue weighted by atomic mass is 10.2. The van der Waals surface area contributed by atoms with Gasteiger partial charge >= 0.3 is 0 Å². The van der Waals surface area contributed by atoms with E-state index in [0.717, 1.165) is 10.6 Å². The van der Waals surface area contributed by atoms with Gasteiger partial charge in [-0.1, -0.05) is 0 Å². The molecule has 2 aromatic rings. The monoisotopic (exact) mass is 430 g/mol. The predicted molar refractivity (Wildman–Crippen MR) is 117 cm³/mol. The Morgan fingerprint density at radius 3 is 2.53 bits per heavy atom. The third kappa shape index (κ3) is 6.06. The fourth-order valence-electron chi connectivity index (χ4n) is 2.96. The molecule has 3 rings (SSSR count). The highest BCUT2D eigenvalue weighted by atomic mass is 32.2. The Labute approximate surface area is 180 Å². The number of amides is 2. The van der Waals surface area contributed by atoms with Crippen molar-refractivity contribution in [3.63, 3.8) is 0 Å². The van der Waals surface area contributed by atoms with Gasteiger partial charge in [0.2, 0.25) is 11.8 Å². The molecule has 30 heavy (non-hydrogen) atoms. The highest BCUT2D eigenvalue weighted by molar-refractivity contribution is 7.99. The zero-order valence-electron chi connectivity index (χ0n) is 17.2. The van der Waals surface area contributed by atoms with Crippen molar-refractivity contribution in [2.75, 3.05) is 44.5 Å². The molecule has 0 saturated carbocycles. The summed E-state index contributed by atoms with van der Waals surface area (Å²) in [5.41, 5.74) is 0.614. The second-order valence-electron chi connectivity index (χ2n) is 6.59. The highest BCUT2D eigenvalue weighted by Gasteiger charge is 2.17. The highest BCUT2D eigenvalue weighted by Crippen LogP contribution is 2.32. The number of fused-ring (bicyclic) bond motifs is 1. The first kappa shape index (κ1) is 21.8. The Bertz CT molecular complexity index is 872. The number of carbonyl (C=O) groups is 2. The van der Waals surface area contributed by atoms with Crippen LogP contribution >= 0.6 is 11.8 Å². The number of nitrogens with zero attached hydrogens (tertiary/aromatic N) is 1. The number of methoxy groups -OCH3 is 1. The summed E-state index contributed by atoms with van der Waals surface area (Å²) in [6.07, 6.45) is 0.363. The summed E-state index contributed by atoms with van der Waals surface area (Å²) in [5, 5.41) is 2.82. The van der Waals surface area contributed by atoms with E-state index in [0.29, 0.717) is 49.1 Å². The van der Waals surface area contributed by atoms with Crippen LogP contribution in [0.5, 0.6) is 17.2 Å². The number of benzene rings is 2. The van der Waals surface area contributed by atoms with Crippen molar-refractivity contribution in [3.05, 3.63) is 42.5 Å². The van der Waals surface area contributed by atoms with Crippen LogP contribution in [0.15, 0.2) is 47.4 Å². The Hall–Kier alpha value is -2.87. The van der Waals surface area contributed by atoms with E-state index in [9.17, 15) is 9.59 Å². The molecule has 8 heteroatoms. The number of carbonyl (C=O) groups excluding carboxylic acids is 2. The second-order valence-corrected chi connectivity index (χ2v) is 7.76. The van der Waals surface area contributed by atoms with E-state index in [1.54, 1.807) is 42.0 Å². The van der Waals surface area contributed by atoms with Crippen LogP contribution in [0.1, 0.15) is 13.3 Å². The molecule has 0 spiro atoms. The maximum absolute atomic E-state index is 12.5. The lowest BCUT2D eigenvalue weighted by Crippen LogP contribution is -2.38. The van der Waals surface area contributed by atoms with Crippen LogP contribution in [0.3, 0.4) is 0 Å². The van der Waals surface area contributed by atoms with Crippen LogP contribution in [-0.4, -0.2) is 55.9 Å². The minimum absolute atomic E-state index is 0.0109. The van der Waals surface area contributed by atoms with Gasteiger partial charge in [-0.15, -0.1) is 11.8 Å². The molecule has 1 aliphatic heterocycles. The third-order valence-corrected chi connectivity index (χ3v) is 5.55. The summed E-state index contributed by atoms with van der Waals surface area (Å²) < 4.78 is 16.2. The van der Waals surface area contributed by atoms with E-state index >= 15 is 0 Å². The Morgan fingerprint density at radius 1 is 1.10 bits per heavy atom. The van der Waals surface area contributed by atoms with Crippen molar-refractivity contribution in [1.29, 1.82) is 0 Å². The van der Waals surface area contributed by atoms with E-state index in [2.05, 4.69) is 5.32 Å². The van der Waals surface area contributed by atoms with Crippen molar-refractivity contribution >= 4 is 29.3 Å². The van der Waals surface area contributed by atoms with Crippen LogP contribution in [0.4, 0.5) is 5.69 Å². The lowest BCUT2D eigenvalue weighted by Gasteiger charge is -2.21. The molecular formula is C22H26N2O5S. The number of ether oxygens (including phenoxy) is 3. The minimum atomic E-state index is -0.246. The van der Waals surface area contributed by atoms with Gasteiger partial charge in [-0.3, -0.25) is 9.59 Å². The Kier molecular flexibility index (Phi) is 7.84. The summed E-state index contributed by atoms with van der Waals surface area (Å²) in [4.78, 5) is 27.6. The fourth-order valence-corrected chi connectivity index (χ4v) is 3.80. The van der Waals surface area contributed by atoms with E-state index in [1.807, 2.05) is 31.2 Å². The summed E-state index contributed by atoms with van der Waals surface area (Å²) >= 11 is 1.60. The van der Waals surface area contributed by atoms with Gasteiger partial charge in [-0.25, -0.2) is 0 Å². The SMILES string of the molecule is CCN(CC(=O)Nc1ccc2c(c1)OCCO2)C(=O)CCSc1ccc(OC)cc1. The zero-order valence-corrected chi connectivity index (χ0v) is 18.0. The van der Waals surface area contributed by atoms with Gasteiger partial charge in [0.05, 0.1) is 13.7 Å². The number of likely N-dealkylation sites (N-methyl/N-ethyl adjacent to an activating group) is 1. The van der Waals surface area contributed by atoms with Gasteiger partial charge in [0.25, 0.3) is 0 Å². The first-order valence-electron chi connectivity index (χ1n) is 9.83. The number of nitrogens with one attached hydrogen (secondary N) is 1. The number of hydrogen-bond donors (Lipinski definition) is 1. The zero-order chi connectivity index (χ0) is 21.3. The van der Waals surface area contributed by atoms with E-state index < -0.39 is 0 Å². The van der Waals surface area contributed by atoms with Crippen LogP contribution < -0.4 is 19.5 Å². The number of anilines is 1. The number of rotatable bonds is 9. The molecule has 0 radical (unpaired) electrons. The summed E-state index contributed by atoms with van der Waals surface area (Å²) in [6.45, 7) is 3.35. The predicted octanol–water partition coefficient (Wildman–Crippen LogP) is 3.44. The van der Waals surface area contributed by atoms with Crippen molar-refractivity contribution < 1.29 is 23.8 Å². The largest absolute Gasteiger partial charge is 0.497 e. The number of thioether (sulfide) groups is 1. The van der Waals surface area contributed by atoms with E-state index in [-0.39, 0.29) is 18.4 Å². The maximum atomic E-state index is 12.5. The molecule has 0 unspecified atom stereocenters. The summed E-state index contributed by atoms with van der Waals surface area (Å²) in [5.74, 6) is 2.43. The lowest BCUT2D eigenvalue weighted by molar-refractivity contribution is -0.134. The molecule has 160 valence electrons. The fraction of sp³-hybridized carbons (Fsp3) is 0.364. The summed E-state index contributed by atoms with van der Waals surface area (Å²) in [6, 6.07) is 13.0.